The van der Waals surface area contributed by atoms with Gasteiger partial charge in [-0.1, -0.05) is 0 Å². The molecule has 98 valence electrons. The fourth-order valence-electron chi connectivity index (χ4n) is 1.89. The first-order valence-corrected chi connectivity index (χ1v) is 6.66. The Kier molecular flexibility index (Phi) is 3.01. The number of rotatable bonds is 2. The predicted molar refractivity (Wildman–Crippen MR) is 65.6 cm³/mol. The van der Waals surface area contributed by atoms with Gasteiger partial charge < -0.3 is 16.4 Å². The lowest BCUT2D eigenvalue weighted by atomic mass is 10.2. The third kappa shape index (κ3) is 2.30. The van der Waals surface area contributed by atoms with Crippen LogP contribution in [0.25, 0.3) is 0 Å². The molecule has 1 aromatic carbocycles. The molecule has 1 saturated heterocycles. The monoisotopic (exact) mass is 271 g/mol. The number of anilines is 2. The summed E-state index contributed by atoms with van der Waals surface area (Å²) in [6.45, 7) is 0.276. The van der Waals surface area contributed by atoms with Crippen LogP contribution in [0.3, 0.4) is 0 Å². The van der Waals surface area contributed by atoms with Gasteiger partial charge in [-0.05, 0) is 18.2 Å². The molecule has 5 N–H and O–H groups in total. The molecule has 0 aliphatic carbocycles. The topological polar surface area (TPSA) is 127 Å². The van der Waals surface area contributed by atoms with Gasteiger partial charge in [-0.3, -0.25) is 9.35 Å². The molecule has 1 amide bonds. The molecule has 1 heterocycles. The number of nitrogens with two attached hydrogens (primary N) is 2. The molecule has 1 aliphatic rings. The number of benzene rings is 1. The molecule has 0 spiro atoms. The second-order valence-electron chi connectivity index (χ2n) is 4.16. The number of carbonyl (C=O) groups is 1. The Morgan fingerprint density at radius 2 is 2.06 bits per heavy atom. The number of carbonyl (C=O) groups excluding carboxylic acids is 1. The number of hydrogen-bond donors (Lipinski definition) is 3. The molecule has 1 fully saturated rings. The minimum absolute atomic E-state index is 0.190. The fourth-order valence-corrected chi connectivity index (χ4v) is 2.39. The van der Waals surface area contributed by atoms with E-state index in [2.05, 4.69) is 0 Å². The largest absolute Gasteiger partial charge is 0.397 e. The second-order valence-corrected chi connectivity index (χ2v) is 5.59. The van der Waals surface area contributed by atoms with Crippen LogP contribution >= 0.6 is 0 Å². The summed E-state index contributed by atoms with van der Waals surface area (Å²) in [5.41, 5.74) is 11.9. The van der Waals surface area contributed by atoms with Crippen molar-refractivity contribution in [3.63, 3.8) is 0 Å². The Hall–Kier alpha value is -1.64. The van der Waals surface area contributed by atoms with Gasteiger partial charge in [0.1, 0.15) is 0 Å². The molecule has 1 aromatic rings. The van der Waals surface area contributed by atoms with Gasteiger partial charge in [0.2, 0.25) is 5.91 Å². The van der Waals surface area contributed by atoms with Gasteiger partial charge in [-0.15, -0.1) is 0 Å². The van der Waals surface area contributed by atoms with Crippen LogP contribution in [0, 0.1) is 0 Å². The van der Waals surface area contributed by atoms with Crippen LogP contribution in [-0.2, 0) is 14.9 Å². The summed E-state index contributed by atoms with van der Waals surface area (Å²) in [6, 6.07) is 3.37. The van der Waals surface area contributed by atoms with E-state index in [4.69, 9.17) is 16.0 Å². The Labute approximate surface area is 104 Å². The number of nitrogen functional groups attached to an aromatic ring is 1. The van der Waals surface area contributed by atoms with Gasteiger partial charge in [0.05, 0.1) is 16.3 Å². The standard InChI is InChI=1S/C10H13N3O4S/c11-6-3-10(14)13(5-6)9-4-7(18(15,16)17)1-2-8(9)12/h1-2,4,6H,3,5,11-12H2,(H,15,16,17). The third-order valence-corrected chi connectivity index (χ3v) is 3.60. The average Bonchev–Trinajstić information content (AvgIpc) is 2.56. The van der Waals surface area contributed by atoms with Crippen molar-refractivity contribution in [3.05, 3.63) is 18.2 Å². The molecule has 7 nitrogen and oxygen atoms in total. The summed E-state index contributed by atoms with van der Waals surface area (Å²) in [6.07, 6.45) is 0.190. The van der Waals surface area contributed by atoms with E-state index >= 15 is 0 Å². The lowest BCUT2D eigenvalue weighted by Gasteiger charge is -2.18. The SMILES string of the molecule is Nc1ccc(S(=O)(=O)O)cc1N1CC(N)CC1=O. The van der Waals surface area contributed by atoms with Crippen molar-refractivity contribution in [1.29, 1.82) is 0 Å². The number of nitrogens with zero attached hydrogens (tertiary/aromatic N) is 1. The van der Waals surface area contributed by atoms with E-state index in [1.807, 2.05) is 0 Å². The lowest BCUT2D eigenvalue weighted by molar-refractivity contribution is -0.117. The first-order chi connectivity index (χ1) is 8.29. The lowest BCUT2D eigenvalue weighted by Crippen LogP contribution is -2.28. The summed E-state index contributed by atoms with van der Waals surface area (Å²) < 4.78 is 31.1. The van der Waals surface area contributed by atoms with Gasteiger partial charge in [0.25, 0.3) is 10.1 Å². The zero-order chi connectivity index (χ0) is 13.5. The molecule has 1 atom stereocenters. The third-order valence-electron chi connectivity index (χ3n) is 2.75. The minimum Gasteiger partial charge on any atom is -0.397 e. The highest BCUT2D eigenvalue weighted by Crippen LogP contribution is 2.29. The van der Waals surface area contributed by atoms with Crippen LogP contribution in [0.2, 0.25) is 0 Å². The zero-order valence-electron chi connectivity index (χ0n) is 9.41. The van der Waals surface area contributed by atoms with E-state index in [9.17, 15) is 13.2 Å². The molecule has 0 saturated carbocycles. The smallest absolute Gasteiger partial charge is 0.294 e. The summed E-state index contributed by atoms with van der Waals surface area (Å²) in [5.74, 6) is -0.221. The van der Waals surface area contributed by atoms with E-state index in [0.717, 1.165) is 0 Å². The summed E-state index contributed by atoms with van der Waals surface area (Å²) in [7, 11) is -4.33. The van der Waals surface area contributed by atoms with Gasteiger partial charge in [-0.25, -0.2) is 0 Å². The van der Waals surface area contributed by atoms with Crippen molar-refractivity contribution in [1.82, 2.24) is 0 Å². The number of hydrogen-bond acceptors (Lipinski definition) is 5. The van der Waals surface area contributed by atoms with Gasteiger partial charge in [0.15, 0.2) is 0 Å². The van der Waals surface area contributed by atoms with Crippen LogP contribution in [0.1, 0.15) is 6.42 Å². The maximum Gasteiger partial charge on any atom is 0.294 e. The molecule has 0 bridgehead atoms. The Balaban J connectivity index is 2.48. The molecule has 1 aliphatic heterocycles. The molecule has 2 rings (SSSR count). The highest BCUT2D eigenvalue weighted by atomic mass is 32.2. The molecule has 8 heteroatoms. The quantitative estimate of drug-likeness (QED) is 0.495. The predicted octanol–water partition coefficient (Wildman–Crippen LogP) is -0.421. The van der Waals surface area contributed by atoms with Crippen molar-refractivity contribution in [2.45, 2.75) is 17.4 Å². The maximum atomic E-state index is 11.7. The highest BCUT2D eigenvalue weighted by Gasteiger charge is 2.30. The Morgan fingerprint density at radius 3 is 2.56 bits per heavy atom. The molecule has 18 heavy (non-hydrogen) atoms. The summed E-state index contributed by atoms with van der Waals surface area (Å²) in [4.78, 5) is 12.7. The Morgan fingerprint density at radius 1 is 1.39 bits per heavy atom. The van der Waals surface area contributed by atoms with Crippen LogP contribution in [-0.4, -0.2) is 31.5 Å². The van der Waals surface area contributed by atoms with Crippen molar-refractivity contribution in [2.24, 2.45) is 5.73 Å². The van der Waals surface area contributed by atoms with E-state index in [1.54, 1.807) is 0 Å². The van der Waals surface area contributed by atoms with Crippen molar-refractivity contribution >= 4 is 27.4 Å². The van der Waals surface area contributed by atoms with Crippen molar-refractivity contribution in [2.75, 3.05) is 17.2 Å². The summed E-state index contributed by atoms with van der Waals surface area (Å²) in [5, 5.41) is 0. The molecule has 0 aromatic heterocycles. The van der Waals surface area contributed by atoms with E-state index in [0.29, 0.717) is 0 Å². The van der Waals surface area contributed by atoms with Crippen molar-refractivity contribution in [3.8, 4) is 0 Å². The van der Waals surface area contributed by atoms with E-state index < -0.39 is 10.1 Å². The minimum atomic E-state index is -4.33. The highest BCUT2D eigenvalue weighted by molar-refractivity contribution is 7.85. The fraction of sp³-hybridized carbons (Fsp3) is 0.300. The first kappa shape index (κ1) is 12.8. The average molecular weight is 271 g/mol. The van der Waals surface area contributed by atoms with Gasteiger partial charge in [0, 0.05) is 19.0 Å². The van der Waals surface area contributed by atoms with Crippen LogP contribution in [0.5, 0.6) is 0 Å². The molecular weight excluding hydrogens is 258 g/mol. The van der Waals surface area contributed by atoms with Crippen molar-refractivity contribution < 1.29 is 17.8 Å². The number of amides is 1. The Bertz CT molecular complexity index is 599. The normalized spacial score (nSPS) is 20.4. The molecule has 0 radical (unpaired) electrons. The second kappa shape index (κ2) is 4.23. The molecular formula is C10H13N3O4S. The van der Waals surface area contributed by atoms with E-state index in [-0.39, 0.29) is 41.2 Å². The van der Waals surface area contributed by atoms with Crippen LogP contribution in [0.4, 0.5) is 11.4 Å². The molecule has 1 unspecified atom stereocenters. The first-order valence-electron chi connectivity index (χ1n) is 5.22. The maximum absolute atomic E-state index is 11.7. The van der Waals surface area contributed by atoms with Gasteiger partial charge in [-0.2, -0.15) is 8.42 Å². The van der Waals surface area contributed by atoms with Crippen LogP contribution < -0.4 is 16.4 Å². The van der Waals surface area contributed by atoms with E-state index in [1.165, 1.54) is 23.1 Å². The zero-order valence-corrected chi connectivity index (χ0v) is 10.2. The van der Waals surface area contributed by atoms with Crippen LogP contribution in [0.15, 0.2) is 23.1 Å². The summed E-state index contributed by atoms with van der Waals surface area (Å²) >= 11 is 0. The van der Waals surface area contributed by atoms with Gasteiger partial charge >= 0.3 is 0 Å².